The van der Waals surface area contributed by atoms with Crippen LogP contribution in [0.15, 0.2) is 0 Å². The van der Waals surface area contributed by atoms with E-state index in [2.05, 4.69) is 55.1 Å². The Kier molecular flexibility index (Phi) is 3.13. The number of anilines is 1. The summed E-state index contributed by atoms with van der Waals surface area (Å²) in [6.45, 7) is 10.7. The maximum Gasteiger partial charge on any atom is 0.242 e. The molecule has 0 atom stereocenters. The molecule has 0 aliphatic rings. The number of nitrogens with zero attached hydrogens (tertiary/aromatic N) is 2. The van der Waals surface area contributed by atoms with E-state index in [1.165, 1.54) is 0 Å². The summed E-state index contributed by atoms with van der Waals surface area (Å²) in [4.78, 5) is 4.36. The lowest BCUT2D eigenvalue weighted by Crippen LogP contribution is -2.12. The number of hydrogen-bond donors (Lipinski definition) is 2. The van der Waals surface area contributed by atoms with Crippen LogP contribution in [0, 0.1) is 5.41 Å². The van der Waals surface area contributed by atoms with Crippen LogP contribution >= 0.6 is 0 Å². The molecular formula is C10H20N4. The van der Waals surface area contributed by atoms with E-state index in [9.17, 15) is 0 Å². The van der Waals surface area contributed by atoms with Gasteiger partial charge in [0.2, 0.25) is 5.95 Å². The van der Waals surface area contributed by atoms with Crippen LogP contribution in [-0.2, 0) is 6.42 Å². The van der Waals surface area contributed by atoms with Crippen molar-refractivity contribution < 1.29 is 0 Å². The average Bonchev–Trinajstić information content (AvgIpc) is 2.30. The molecule has 14 heavy (non-hydrogen) atoms. The number of aromatic amines is 1. The molecule has 0 radical (unpaired) electrons. The standard InChI is InChI=1S/C10H20N4/c1-7(2)11-9-12-8(13-14-9)6-10(3,4)5/h7H,6H2,1-5H3,(H2,11,12,13,14). The van der Waals surface area contributed by atoms with Crippen LogP contribution in [0.4, 0.5) is 5.95 Å². The predicted molar refractivity (Wildman–Crippen MR) is 58.3 cm³/mol. The second kappa shape index (κ2) is 3.98. The number of aromatic nitrogens is 3. The second-order valence-corrected chi connectivity index (χ2v) is 5.14. The SMILES string of the molecule is CC(C)Nc1n[nH]c(CC(C)(C)C)n1. The first-order chi connectivity index (χ1) is 6.37. The number of nitrogens with one attached hydrogen (secondary N) is 2. The second-order valence-electron chi connectivity index (χ2n) is 5.14. The zero-order chi connectivity index (χ0) is 10.8. The molecule has 0 fully saturated rings. The van der Waals surface area contributed by atoms with Crippen molar-refractivity contribution in [3.63, 3.8) is 0 Å². The van der Waals surface area contributed by atoms with Gasteiger partial charge in [0.05, 0.1) is 0 Å². The minimum atomic E-state index is 0.245. The summed E-state index contributed by atoms with van der Waals surface area (Å²) in [7, 11) is 0. The van der Waals surface area contributed by atoms with Gasteiger partial charge in [-0.3, -0.25) is 5.10 Å². The molecule has 80 valence electrons. The van der Waals surface area contributed by atoms with E-state index in [4.69, 9.17) is 0 Å². The molecule has 4 nitrogen and oxygen atoms in total. The molecule has 2 N–H and O–H groups in total. The summed E-state index contributed by atoms with van der Waals surface area (Å²) < 4.78 is 0. The first kappa shape index (κ1) is 11.0. The van der Waals surface area contributed by atoms with Gasteiger partial charge in [-0.1, -0.05) is 20.8 Å². The van der Waals surface area contributed by atoms with E-state index < -0.39 is 0 Å². The van der Waals surface area contributed by atoms with Gasteiger partial charge in [0.1, 0.15) is 5.82 Å². The Balaban J connectivity index is 2.60. The highest BCUT2D eigenvalue weighted by Crippen LogP contribution is 2.18. The van der Waals surface area contributed by atoms with Crippen molar-refractivity contribution in [3.05, 3.63) is 5.82 Å². The van der Waals surface area contributed by atoms with Gasteiger partial charge in [0.15, 0.2) is 0 Å². The molecule has 0 bridgehead atoms. The molecule has 1 aromatic heterocycles. The minimum Gasteiger partial charge on any atom is -0.351 e. The smallest absolute Gasteiger partial charge is 0.242 e. The van der Waals surface area contributed by atoms with E-state index in [0.29, 0.717) is 12.0 Å². The van der Waals surface area contributed by atoms with Gasteiger partial charge in [0, 0.05) is 12.5 Å². The normalized spacial score (nSPS) is 12.1. The topological polar surface area (TPSA) is 53.6 Å². The molecule has 0 spiro atoms. The van der Waals surface area contributed by atoms with Gasteiger partial charge in [-0.25, -0.2) is 0 Å². The lowest BCUT2D eigenvalue weighted by Gasteiger charge is -2.15. The van der Waals surface area contributed by atoms with Crippen LogP contribution in [-0.4, -0.2) is 21.2 Å². The summed E-state index contributed by atoms with van der Waals surface area (Å²) in [6, 6.07) is 0.369. The highest BCUT2D eigenvalue weighted by atomic mass is 15.3. The van der Waals surface area contributed by atoms with Crippen LogP contribution in [0.5, 0.6) is 0 Å². The minimum absolute atomic E-state index is 0.245. The molecule has 0 amide bonds. The zero-order valence-electron chi connectivity index (χ0n) is 9.68. The van der Waals surface area contributed by atoms with E-state index in [1.54, 1.807) is 0 Å². The largest absolute Gasteiger partial charge is 0.351 e. The van der Waals surface area contributed by atoms with Crippen molar-refractivity contribution in [1.29, 1.82) is 0 Å². The van der Waals surface area contributed by atoms with Crippen LogP contribution < -0.4 is 5.32 Å². The van der Waals surface area contributed by atoms with Crippen molar-refractivity contribution in [2.24, 2.45) is 5.41 Å². The Morgan fingerprint density at radius 2 is 2.00 bits per heavy atom. The fraction of sp³-hybridized carbons (Fsp3) is 0.800. The highest BCUT2D eigenvalue weighted by Gasteiger charge is 2.14. The van der Waals surface area contributed by atoms with Crippen LogP contribution in [0.3, 0.4) is 0 Å². The summed E-state index contributed by atoms with van der Waals surface area (Å²) >= 11 is 0. The zero-order valence-corrected chi connectivity index (χ0v) is 9.68. The Bertz CT molecular complexity index is 283. The van der Waals surface area contributed by atoms with Gasteiger partial charge in [0.25, 0.3) is 0 Å². The lowest BCUT2D eigenvalue weighted by molar-refractivity contribution is 0.401. The van der Waals surface area contributed by atoms with E-state index in [0.717, 1.165) is 12.2 Å². The Morgan fingerprint density at radius 1 is 1.36 bits per heavy atom. The average molecular weight is 196 g/mol. The molecule has 0 saturated carbocycles. The maximum absolute atomic E-state index is 4.36. The quantitative estimate of drug-likeness (QED) is 0.779. The third kappa shape index (κ3) is 3.77. The maximum atomic E-state index is 4.36. The molecule has 0 aliphatic heterocycles. The Hall–Kier alpha value is -1.06. The number of rotatable bonds is 3. The third-order valence-electron chi connectivity index (χ3n) is 1.65. The van der Waals surface area contributed by atoms with Crippen LogP contribution in [0.2, 0.25) is 0 Å². The van der Waals surface area contributed by atoms with Crippen molar-refractivity contribution in [2.75, 3.05) is 5.32 Å². The molecule has 1 aromatic rings. The first-order valence-corrected chi connectivity index (χ1v) is 5.04. The van der Waals surface area contributed by atoms with Crippen LogP contribution in [0.25, 0.3) is 0 Å². The molecule has 0 aliphatic carbocycles. The summed E-state index contributed by atoms with van der Waals surface area (Å²) in [5.41, 5.74) is 0.245. The molecule has 0 unspecified atom stereocenters. The van der Waals surface area contributed by atoms with Gasteiger partial charge in [-0.05, 0) is 19.3 Å². The molecule has 0 saturated heterocycles. The fourth-order valence-electron chi connectivity index (χ4n) is 1.20. The molecule has 4 heteroatoms. The predicted octanol–water partition coefficient (Wildman–Crippen LogP) is 2.21. The molecule has 1 rings (SSSR count). The van der Waals surface area contributed by atoms with Crippen molar-refractivity contribution in [3.8, 4) is 0 Å². The van der Waals surface area contributed by atoms with Crippen LogP contribution in [0.1, 0.15) is 40.4 Å². The third-order valence-corrected chi connectivity index (χ3v) is 1.65. The van der Waals surface area contributed by atoms with Gasteiger partial charge in [-0.2, -0.15) is 4.98 Å². The molecule has 0 aromatic carbocycles. The number of hydrogen-bond acceptors (Lipinski definition) is 3. The van der Waals surface area contributed by atoms with E-state index >= 15 is 0 Å². The summed E-state index contributed by atoms with van der Waals surface area (Å²) in [5.74, 6) is 1.64. The highest BCUT2D eigenvalue weighted by molar-refractivity contribution is 5.23. The van der Waals surface area contributed by atoms with E-state index in [-0.39, 0.29) is 5.41 Å². The molecular weight excluding hydrogens is 176 g/mol. The molecule has 1 heterocycles. The van der Waals surface area contributed by atoms with Gasteiger partial charge in [-0.15, -0.1) is 5.10 Å². The Labute approximate surface area is 85.5 Å². The monoisotopic (exact) mass is 196 g/mol. The lowest BCUT2D eigenvalue weighted by atomic mass is 9.92. The van der Waals surface area contributed by atoms with Crippen molar-refractivity contribution in [2.45, 2.75) is 47.1 Å². The van der Waals surface area contributed by atoms with Crippen molar-refractivity contribution >= 4 is 5.95 Å². The summed E-state index contributed by atoms with van der Waals surface area (Å²) in [5, 5.41) is 10.2. The Morgan fingerprint density at radius 3 is 2.50 bits per heavy atom. The van der Waals surface area contributed by atoms with Gasteiger partial charge < -0.3 is 5.32 Å². The first-order valence-electron chi connectivity index (χ1n) is 5.04. The van der Waals surface area contributed by atoms with Crippen molar-refractivity contribution in [1.82, 2.24) is 15.2 Å². The summed E-state index contributed by atoms with van der Waals surface area (Å²) in [6.07, 6.45) is 0.916. The number of H-pyrrole nitrogens is 1. The van der Waals surface area contributed by atoms with E-state index in [1.807, 2.05) is 0 Å². The fourth-order valence-corrected chi connectivity index (χ4v) is 1.20. The van der Waals surface area contributed by atoms with Gasteiger partial charge >= 0.3 is 0 Å².